The van der Waals surface area contributed by atoms with Crippen LogP contribution >= 0.6 is 11.6 Å². The standard InChI is InChI=1S/C27H23ClN4O5/c1-2-21(33)13-18-14-30-27(32(25(18)34)16-17-3-5-19(28)6-4-17)31-20-7-9-22(10-8-20)37-23-11-12-24(26(35)36)29-15-23/h3-12,14-15H,2,13,16H2,1H3,(H,30,31)(H,35,36). The zero-order valence-electron chi connectivity index (χ0n) is 19.8. The predicted molar refractivity (Wildman–Crippen MR) is 139 cm³/mol. The number of benzene rings is 2. The van der Waals surface area contributed by atoms with Crippen LogP contribution in [-0.4, -0.2) is 31.4 Å². The molecule has 0 unspecified atom stereocenters. The molecule has 9 nitrogen and oxygen atoms in total. The summed E-state index contributed by atoms with van der Waals surface area (Å²) in [7, 11) is 0. The molecular weight excluding hydrogens is 496 g/mol. The van der Waals surface area contributed by atoms with E-state index in [1.165, 1.54) is 29.1 Å². The molecule has 37 heavy (non-hydrogen) atoms. The van der Waals surface area contributed by atoms with Crippen molar-refractivity contribution in [3.05, 3.63) is 105 Å². The lowest BCUT2D eigenvalue weighted by Gasteiger charge is -2.15. The van der Waals surface area contributed by atoms with Crippen molar-refractivity contribution >= 4 is 35.0 Å². The largest absolute Gasteiger partial charge is 0.477 e. The van der Waals surface area contributed by atoms with E-state index in [0.29, 0.717) is 40.1 Å². The topological polar surface area (TPSA) is 123 Å². The predicted octanol–water partition coefficient (Wildman–Crippen LogP) is 5.10. The number of carbonyl (C=O) groups is 2. The molecule has 2 aromatic carbocycles. The molecule has 0 spiro atoms. The SMILES string of the molecule is CCC(=O)Cc1cnc(Nc2ccc(Oc3ccc(C(=O)O)nc3)cc2)n(Cc2ccc(Cl)cc2)c1=O. The third-order valence-electron chi connectivity index (χ3n) is 5.46. The second kappa shape index (κ2) is 11.5. The van der Waals surface area contributed by atoms with E-state index < -0.39 is 5.97 Å². The van der Waals surface area contributed by atoms with Crippen molar-refractivity contribution in [2.24, 2.45) is 0 Å². The Labute approximate surface area is 217 Å². The molecule has 188 valence electrons. The Hall–Kier alpha value is -4.50. The van der Waals surface area contributed by atoms with Gasteiger partial charge >= 0.3 is 5.97 Å². The minimum atomic E-state index is -1.12. The average molecular weight is 519 g/mol. The van der Waals surface area contributed by atoms with E-state index >= 15 is 0 Å². The summed E-state index contributed by atoms with van der Waals surface area (Å²) in [4.78, 5) is 44.5. The highest BCUT2D eigenvalue weighted by Crippen LogP contribution is 2.24. The van der Waals surface area contributed by atoms with Crippen LogP contribution in [0.1, 0.15) is 35.0 Å². The van der Waals surface area contributed by atoms with Crippen LogP contribution in [0, 0.1) is 0 Å². The average Bonchev–Trinajstić information content (AvgIpc) is 2.90. The van der Waals surface area contributed by atoms with Gasteiger partial charge in [-0.05, 0) is 54.1 Å². The highest BCUT2D eigenvalue weighted by atomic mass is 35.5. The van der Waals surface area contributed by atoms with E-state index in [0.717, 1.165) is 5.56 Å². The number of nitrogens with one attached hydrogen (secondary N) is 1. The number of halogens is 1. The number of pyridine rings is 1. The van der Waals surface area contributed by atoms with E-state index in [1.54, 1.807) is 43.3 Å². The molecule has 2 aromatic heterocycles. The first-order valence-corrected chi connectivity index (χ1v) is 11.8. The molecule has 0 amide bonds. The maximum absolute atomic E-state index is 13.3. The Morgan fingerprint density at radius 2 is 1.68 bits per heavy atom. The number of anilines is 2. The summed E-state index contributed by atoms with van der Waals surface area (Å²) in [6, 6.07) is 16.9. The van der Waals surface area contributed by atoms with Gasteiger partial charge in [-0.2, -0.15) is 0 Å². The molecule has 2 N–H and O–H groups in total. The molecule has 4 aromatic rings. The van der Waals surface area contributed by atoms with Crippen LogP contribution in [0.25, 0.3) is 0 Å². The number of ketones is 1. The summed E-state index contributed by atoms with van der Waals surface area (Å²) in [5.74, 6) is 0.0581. The molecular formula is C27H23ClN4O5. The minimum Gasteiger partial charge on any atom is -0.477 e. The highest BCUT2D eigenvalue weighted by Gasteiger charge is 2.14. The first kappa shape index (κ1) is 25.6. The van der Waals surface area contributed by atoms with Crippen LogP contribution in [0.4, 0.5) is 11.6 Å². The van der Waals surface area contributed by atoms with Crippen LogP contribution in [0.15, 0.2) is 77.9 Å². The molecule has 0 aliphatic carbocycles. The van der Waals surface area contributed by atoms with Gasteiger partial charge in [-0.3, -0.25) is 14.2 Å². The zero-order chi connectivity index (χ0) is 26.4. The molecule has 0 atom stereocenters. The molecule has 2 heterocycles. The van der Waals surface area contributed by atoms with Crippen molar-refractivity contribution in [1.82, 2.24) is 14.5 Å². The van der Waals surface area contributed by atoms with Crippen LogP contribution in [0.2, 0.25) is 5.02 Å². The van der Waals surface area contributed by atoms with E-state index in [9.17, 15) is 14.4 Å². The maximum atomic E-state index is 13.3. The van der Waals surface area contributed by atoms with E-state index in [2.05, 4.69) is 15.3 Å². The lowest BCUT2D eigenvalue weighted by atomic mass is 10.1. The molecule has 10 heteroatoms. The molecule has 0 saturated carbocycles. The van der Waals surface area contributed by atoms with Crippen LogP contribution in [0.5, 0.6) is 11.5 Å². The fourth-order valence-electron chi connectivity index (χ4n) is 3.45. The lowest BCUT2D eigenvalue weighted by Crippen LogP contribution is -2.28. The number of carboxylic acid groups (broad SMARTS) is 1. The Bertz CT molecular complexity index is 1470. The van der Waals surface area contributed by atoms with Crippen molar-refractivity contribution in [2.45, 2.75) is 26.3 Å². The van der Waals surface area contributed by atoms with Gasteiger partial charge in [-0.15, -0.1) is 0 Å². The van der Waals surface area contributed by atoms with Gasteiger partial charge in [-0.25, -0.2) is 14.8 Å². The molecule has 0 bridgehead atoms. The zero-order valence-corrected chi connectivity index (χ0v) is 20.6. The van der Waals surface area contributed by atoms with Crippen molar-refractivity contribution < 1.29 is 19.4 Å². The number of nitrogens with zero attached hydrogens (tertiary/aromatic N) is 3. The quantitative estimate of drug-likeness (QED) is 0.297. The number of rotatable bonds is 10. The van der Waals surface area contributed by atoms with Gasteiger partial charge in [0, 0.05) is 35.3 Å². The first-order valence-electron chi connectivity index (χ1n) is 11.4. The number of aromatic nitrogens is 3. The van der Waals surface area contributed by atoms with Crippen molar-refractivity contribution in [2.75, 3.05) is 5.32 Å². The Morgan fingerprint density at radius 3 is 2.30 bits per heavy atom. The molecule has 0 saturated heterocycles. The Balaban J connectivity index is 1.56. The van der Waals surface area contributed by atoms with Gasteiger partial charge in [0.1, 0.15) is 23.0 Å². The maximum Gasteiger partial charge on any atom is 0.354 e. The van der Waals surface area contributed by atoms with Crippen LogP contribution in [-0.2, 0) is 17.8 Å². The number of hydrogen-bond donors (Lipinski definition) is 2. The third-order valence-corrected chi connectivity index (χ3v) is 5.71. The third kappa shape index (κ3) is 6.59. The van der Waals surface area contributed by atoms with Gasteiger partial charge in [0.05, 0.1) is 12.7 Å². The van der Waals surface area contributed by atoms with Crippen molar-refractivity contribution in [1.29, 1.82) is 0 Å². The fourth-order valence-corrected chi connectivity index (χ4v) is 3.58. The number of Topliss-reactive ketones (excluding diaryl/α,β-unsaturated/α-hetero) is 1. The Kier molecular flexibility index (Phi) is 7.95. The first-order chi connectivity index (χ1) is 17.8. The van der Waals surface area contributed by atoms with Gasteiger partial charge in [-0.1, -0.05) is 30.7 Å². The van der Waals surface area contributed by atoms with E-state index in [-0.39, 0.29) is 30.0 Å². The van der Waals surface area contributed by atoms with Crippen molar-refractivity contribution in [3.63, 3.8) is 0 Å². The van der Waals surface area contributed by atoms with E-state index in [4.69, 9.17) is 21.4 Å². The number of hydrogen-bond acceptors (Lipinski definition) is 7. The molecule has 4 rings (SSSR count). The van der Waals surface area contributed by atoms with Crippen molar-refractivity contribution in [3.8, 4) is 11.5 Å². The summed E-state index contributed by atoms with van der Waals surface area (Å²) in [6.45, 7) is 1.99. The molecule has 0 radical (unpaired) electrons. The van der Waals surface area contributed by atoms with Gasteiger partial charge in [0.25, 0.3) is 5.56 Å². The summed E-state index contributed by atoms with van der Waals surface area (Å²) in [5, 5.41) is 12.7. The van der Waals surface area contributed by atoms with Crippen LogP contribution in [0.3, 0.4) is 0 Å². The summed E-state index contributed by atoms with van der Waals surface area (Å²) < 4.78 is 7.20. The molecule has 0 fully saturated rings. The smallest absolute Gasteiger partial charge is 0.354 e. The van der Waals surface area contributed by atoms with Crippen LogP contribution < -0.4 is 15.6 Å². The summed E-state index contributed by atoms with van der Waals surface area (Å²) >= 11 is 6.00. The van der Waals surface area contributed by atoms with Gasteiger partial charge in [0.15, 0.2) is 0 Å². The molecule has 0 aliphatic heterocycles. The lowest BCUT2D eigenvalue weighted by molar-refractivity contribution is -0.118. The van der Waals surface area contributed by atoms with E-state index in [1.807, 2.05) is 12.1 Å². The number of ether oxygens (including phenoxy) is 1. The Morgan fingerprint density at radius 1 is 0.973 bits per heavy atom. The minimum absolute atomic E-state index is 0.0254. The van der Waals surface area contributed by atoms with Gasteiger partial charge < -0.3 is 15.2 Å². The second-order valence-corrected chi connectivity index (χ2v) is 8.57. The highest BCUT2D eigenvalue weighted by molar-refractivity contribution is 6.30. The summed E-state index contributed by atoms with van der Waals surface area (Å²) in [6.07, 6.45) is 3.13. The monoisotopic (exact) mass is 518 g/mol. The van der Waals surface area contributed by atoms with Gasteiger partial charge in [0.2, 0.25) is 5.95 Å². The normalized spacial score (nSPS) is 10.6. The summed E-state index contributed by atoms with van der Waals surface area (Å²) in [5.41, 5.74) is 1.46. The number of carboxylic acids is 1. The number of carbonyl (C=O) groups excluding carboxylic acids is 1. The second-order valence-electron chi connectivity index (χ2n) is 8.13. The fraction of sp³-hybridized carbons (Fsp3) is 0.148. The number of aromatic carboxylic acids is 1. The molecule has 0 aliphatic rings.